The Hall–Kier alpha value is -2.96. The minimum absolute atomic E-state index is 0.226. The molecule has 1 fully saturated rings. The van der Waals surface area contributed by atoms with Gasteiger partial charge in [-0.25, -0.2) is 0 Å². The van der Waals surface area contributed by atoms with E-state index in [0.29, 0.717) is 5.76 Å². The van der Waals surface area contributed by atoms with E-state index >= 15 is 0 Å². The molecular weight excluding hydrogens is 390 g/mol. The Morgan fingerprint density at radius 2 is 1.77 bits per heavy atom. The predicted octanol–water partition coefficient (Wildman–Crippen LogP) is 3.95. The van der Waals surface area contributed by atoms with Crippen molar-refractivity contribution < 1.29 is 13.9 Å². The van der Waals surface area contributed by atoms with Crippen molar-refractivity contribution in [3.05, 3.63) is 88.1 Å². The minimum Gasteiger partial charge on any atom is -0.456 e. The van der Waals surface area contributed by atoms with Gasteiger partial charge in [-0.3, -0.25) is 14.7 Å². The summed E-state index contributed by atoms with van der Waals surface area (Å²) in [7, 11) is 0. The number of hydrogen-bond donors (Lipinski definition) is 1. The average Bonchev–Trinajstić information content (AvgIpc) is 3.15. The molecule has 0 saturated carbocycles. The number of aromatic nitrogens is 1. The second-order valence-corrected chi connectivity index (χ2v) is 8.11. The van der Waals surface area contributed by atoms with E-state index in [9.17, 15) is 4.79 Å². The van der Waals surface area contributed by atoms with Crippen molar-refractivity contribution in [3.63, 3.8) is 0 Å². The van der Waals surface area contributed by atoms with Gasteiger partial charge in [-0.15, -0.1) is 0 Å². The third-order valence-corrected chi connectivity index (χ3v) is 5.92. The molecule has 1 N–H and O–H groups in total. The summed E-state index contributed by atoms with van der Waals surface area (Å²) < 4.78 is 11.3. The van der Waals surface area contributed by atoms with Crippen molar-refractivity contribution in [1.29, 1.82) is 0 Å². The summed E-state index contributed by atoms with van der Waals surface area (Å²) >= 11 is 0. The monoisotopic (exact) mass is 419 g/mol. The molecule has 162 valence electrons. The average molecular weight is 420 g/mol. The quantitative estimate of drug-likeness (QED) is 0.655. The van der Waals surface area contributed by atoms with Gasteiger partial charge in [0, 0.05) is 37.6 Å². The minimum atomic E-state index is -0.289. The molecule has 1 amide bonds. The molecule has 3 aromatic rings. The van der Waals surface area contributed by atoms with Gasteiger partial charge in [0.25, 0.3) is 5.91 Å². The van der Waals surface area contributed by atoms with E-state index in [4.69, 9.17) is 9.15 Å². The van der Waals surface area contributed by atoms with E-state index in [0.717, 1.165) is 55.3 Å². The van der Waals surface area contributed by atoms with Crippen LogP contribution in [-0.4, -0.2) is 42.1 Å². The van der Waals surface area contributed by atoms with E-state index in [2.05, 4.69) is 47.2 Å². The van der Waals surface area contributed by atoms with Gasteiger partial charge < -0.3 is 14.5 Å². The first-order chi connectivity index (χ1) is 15.0. The van der Waals surface area contributed by atoms with E-state index in [1.54, 1.807) is 12.4 Å². The third-order valence-electron chi connectivity index (χ3n) is 5.92. The van der Waals surface area contributed by atoms with Gasteiger partial charge >= 0.3 is 0 Å². The lowest BCUT2D eigenvalue weighted by Crippen LogP contribution is -2.35. The molecule has 31 heavy (non-hydrogen) atoms. The fourth-order valence-corrected chi connectivity index (χ4v) is 3.85. The molecule has 3 heterocycles. The molecule has 0 spiro atoms. The number of morpholine rings is 1. The van der Waals surface area contributed by atoms with Gasteiger partial charge in [0.1, 0.15) is 5.76 Å². The molecule has 1 saturated heterocycles. The normalized spacial score (nSPS) is 15.6. The zero-order valence-corrected chi connectivity index (χ0v) is 18.4. The van der Waals surface area contributed by atoms with Gasteiger partial charge in [0.15, 0.2) is 5.76 Å². The molecule has 0 unspecified atom stereocenters. The van der Waals surface area contributed by atoms with Crippen molar-refractivity contribution in [2.75, 3.05) is 26.3 Å². The molecule has 0 aliphatic carbocycles. The van der Waals surface area contributed by atoms with Gasteiger partial charge in [0.2, 0.25) is 0 Å². The summed E-state index contributed by atoms with van der Waals surface area (Å²) in [6.07, 6.45) is 3.49. The second kappa shape index (κ2) is 9.45. The summed E-state index contributed by atoms with van der Waals surface area (Å²) in [5.41, 5.74) is 5.45. The van der Waals surface area contributed by atoms with Crippen LogP contribution in [0.1, 0.15) is 50.2 Å². The number of ether oxygens (including phenoxy) is 1. The van der Waals surface area contributed by atoms with Crippen LogP contribution in [0.4, 0.5) is 0 Å². The lowest BCUT2D eigenvalue weighted by atomic mass is 9.96. The topological polar surface area (TPSA) is 67.6 Å². The molecule has 1 aliphatic heterocycles. The molecule has 1 aliphatic rings. The number of aryl methyl sites for hydroxylation is 3. The molecule has 2 aromatic heterocycles. The summed E-state index contributed by atoms with van der Waals surface area (Å²) in [5.74, 6) is 0.892. The van der Waals surface area contributed by atoms with Crippen molar-refractivity contribution in [2.24, 2.45) is 0 Å². The van der Waals surface area contributed by atoms with Crippen molar-refractivity contribution in [3.8, 4) is 0 Å². The predicted molar refractivity (Wildman–Crippen MR) is 119 cm³/mol. The number of amides is 1. The fourth-order valence-electron chi connectivity index (χ4n) is 3.85. The van der Waals surface area contributed by atoms with Crippen LogP contribution in [0.15, 0.2) is 53.2 Å². The maximum absolute atomic E-state index is 13.2. The van der Waals surface area contributed by atoms with Crippen LogP contribution in [0.2, 0.25) is 0 Å². The lowest BCUT2D eigenvalue weighted by molar-refractivity contribution is 0.0340. The maximum Gasteiger partial charge on any atom is 0.287 e. The molecule has 1 aromatic carbocycles. The zero-order valence-electron chi connectivity index (χ0n) is 18.4. The Morgan fingerprint density at radius 1 is 1.03 bits per heavy atom. The highest BCUT2D eigenvalue weighted by Crippen LogP contribution is 2.25. The molecule has 0 radical (unpaired) electrons. The first kappa shape index (κ1) is 21.3. The smallest absolute Gasteiger partial charge is 0.287 e. The largest absolute Gasteiger partial charge is 0.456 e. The van der Waals surface area contributed by atoms with Crippen LogP contribution >= 0.6 is 0 Å². The van der Waals surface area contributed by atoms with Crippen LogP contribution < -0.4 is 5.32 Å². The molecular formula is C25H29N3O3. The van der Waals surface area contributed by atoms with Crippen molar-refractivity contribution >= 4 is 5.91 Å². The number of furan rings is 1. The second-order valence-electron chi connectivity index (χ2n) is 8.11. The number of carbonyl (C=O) groups excluding carboxylic acids is 1. The van der Waals surface area contributed by atoms with Crippen LogP contribution in [0.5, 0.6) is 0 Å². The van der Waals surface area contributed by atoms with E-state index < -0.39 is 0 Å². The lowest BCUT2D eigenvalue weighted by Gasteiger charge is -2.26. The van der Waals surface area contributed by atoms with Crippen LogP contribution in [0, 0.1) is 20.8 Å². The standard InChI is InChI=1S/C25H29N3O3/c1-17-4-5-21(14-18(17)2)24(20-6-8-26-9-7-20)27-25(29)23-15-22(19(3)31-23)16-28-10-12-30-13-11-28/h4-9,14-15,24H,10-13,16H2,1-3H3,(H,27,29)/t24-/m1/s1. The highest BCUT2D eigenvalue weighted by atomic mass is 16.5. The Morgan fingerprint density at radius 3 is 2.48 bits per heavy atom. The van der Waals surface area contributed by atoms with E-state index in [1.807, 2.05) is 25.1 Å². The van der Waals surface area contributed by atoms with E-state index in [-0.39, 0.29) is 11.9 Å². The maximum atomic E-state index is 13.2. The fraction of sp³-hybridized carbons (Fsp3) is 0.360. The summed E-state index contributed by atoms with van der Waals surface area (Å²) in [6.45, 7) is 10.1. The van der Waals surface area contributed by atoms with Crippen molar-refractivity contribution in [2.45, 2.75) is 33.4 Å². The number of nitrogens with zero attached hydrogens (tertiary/aromatic N) is 2. The number of nitrogens with one attached hydrogen (secondary N) is 1. The first-order valence-corrected chi connectivity index (χ1v) is 10.7. The summed E-state index contributed by atoms with van der Waals surface area (Å²) in [4.78, 5) is 19.6. The highest BCUT2D eigenvalue weighted by molar-refractivity contribution is 5.92. The Bertz CT molecular complexity index is 1040. The van der Waals surface area contributed by atoms with Gasteiger partial charge in [-0.1, -0.05) is 18.2 Å². The Kier molecular flexibility index (Phi) is 6.49. The third kappa shape index (κ3) is 5.03. The first-order valence-electron chi connectivity index (χ1n) is 10.7. The molecule has 6 nitrogen and oxygen atoms in total. The summed E-state index contributed by atoms with van der Waals surface area (Å²) in [5, 5.41) is 3.16. The number of hydrogen-bond acceptors (Lipinski definition) is 5. The highest BCUT2D eigenvalue weighted by Gasteiger charge is 2.22. The van der Waals surface area contributed by atoms with Gasteiger partial charge in [-0.2, -0.15) is 0 Å². The Balaban J connectivity index is 1.56. The molecule has 0 bridgehead atoms. The van der Waals surface area contributed by atoms with Crippen LogP contribution in [0.3, 0.4) is 0 Å². The molecule has 4 rings (SSSR count). The summed E-state index contributed by atoms with van der Waals surface area (Å²) in [6, 6.07) is 11.7. The number of benzene rings is 1. The molecule has 1 atom stereocenters. The zero-order chi connectivity index (χ0) is 21.8. The van der Waals surface area contributed by atoms with Crippen LogP contribution in [0.25, 0.3) is 0 Å². The van der Waals surface area contributed by atoms with Crippen LogP contribution in [-0.2, 0) is 11.3 Å². The van der Waals surface area contributed by atoms with E-state index in [1.165, 1.54) is 11.1 Å². The SMILES string of the molecule is Cc1ccc([C@H](NC(=O)c2cc(CN3CCOCC3)c(C)o2)c2ccncc2)cc1C. The van der Waals surface area contributed by atoms with Gasteiger partial charge in [0.05, 0.1) is 19.3 Å². The number of carbonyl (C=O) groups is 1. The number of rotatable bonds is 6. The van der Waals surface area contributed by atoms with Crippen molar-refractivity contribution in [1.82, 2.24) is 15.2 Å². The molecule has 6 heteroatoms. The van der Waals surface area contributed by atoms with Gasteiger partial charge in [-0.05, 0) is 61.2 Å². The number of pyridine rings is 1. The Labute approximate surface area is 183 Å².